The van der Waals surface area contributed by atoms with Gasteiger partial charge >= 0.3 is 0 Å². The van der Waals surface area contributed by atoms with Crippen LogP contribution in [0.3, 0.4) is 0 Å². The summed E-state index contributed by atoms with van der Waals surface area (Å²) in [5.41, 5.74) is 4.25. The Bertz CT molecular complexity index is 607. The molecule has 0 amide bonds. The highest BCUT2D eigenvalue weighted by Crippen LogP contribution is 2.30. The third-order valence-corrected chi connectivity index (χ3v) is 3.91. The molecule has 0 unspecified atom stereocenters. The fraction of sp³-hybridized carbons (Fsp3) is 0.438. The van der Waals surface area contributed by atoms with Crippen LogP contribution >= 0.6 is 0 Å². The minimum Gasteiger partial charge on any atom is -0.313 e. The summed E-state index contributed by atoms with van der Waals surface area (Å²) in [6.07, 6.45) is 4.45. The van der Waals surface area contributed by atoms with Gasteiger partial charge in [0.05, 0.1) is 0 Å². The normalized spacial score (nSPS) is 14.6. The van der Waals surface area contributed by atoms with Gasteiger partial charge in [-0.1, -0.05) is 19.1 Å². The highest BCUT2D eigenvalue weighted by molar-refractivity contribution is 5.84. The number of aryl methyl sites for hydroxylation is 1. The molecule has 1 aromatic carbocycles. The van der Waals surface area contributed by atoms with Crippen LogP contribution in [0.4, 0.5) is 4.39 Å². The van der Waals surface area contributed by atoms with E-state index in [9.17, 15) is 4.39 Å². The van der Waals surface area contributed by atoms with E-state index in [1.165, 1.54) is 30.0 Å². The van der Waals surface area contributed by atoms with Crippen molar-refractivity contribution in [1.82, 2.24) is 10.3 Å². The molecule has 2 nitrogen and oxygen atoms in total. The SMILES string of the molecule is CCNCc1c2c(nc3c(F)cccc13)CCCC2. The van der Waals surface area contributed by atoms with E-state index in [0.717, 1.165) is 37.0 Å². The van der Waals surface area contributed by atoms with Crippen LogP contribution in [0.2, 0.25) is 0 Å². The Kier molecular flexibility index (Phi) is 3.47. The van der Waals surface area contributed by atoms with Gasteiger partial charge in [-0.2, -0.15) is 0 Å². The summed E-state index contributed by atoms with van der Waals surface area (Å²) < 4.78 is 14.0. The van der Waals surface area contributed by atoms with Crippen molar-refractivity contribution in [2.45, 2.75) is 39.2 Å². The molecule has 1 heterocycles. The Morgan fingerprint density at radius 1 is 1.26 bits per heavy atom. The zero-order chi connectivity index (χ0) is 13.2. The summed E-state index contributed by atoms with van der Waals surface area (Å²) in [6, 6.07) is 5.28. The van der Waals surface area contributed by atoms with Crippen LogP contribution in [0.1, 0.15) is 36.6 Å². The molecule has 0 aliphatic heterocycles. The van der Waals surface area contributed by atoms with Crippen molar-refractivity contribution in [3.8, 4) is 0 Å². The number of hydrogen-bond donors (Lipinski definition) is 1. The van der Waals surface area contributed by atoms with E-state index in [4.69, 9.17) is 0 Å². The summed E-state index contributed by atoms with van der Waals surface area (Å²) >= 11 is 0. The molecular formula is C16H19FN2. The minimum atomic E-state index is -0.205. The first kappa shape index (κ1) is 12.5. The number of fused-ring (bicyclic) bond motifs is 2. The van der Waals surface area contributed by atoms with E-state index < -0.39 is 0 Å². The second-order valence-corrected chi connectivity index (χ2v) is 5.14. The number of rotatable bonds is 3. The number of halogens is 1. The first-order chi connectivity index (χ1) is 9.31. The number of aromatic nitrogens is 1. The van der Waals surface area contributed by atoms with Gasteiger partial charge in [0.15, 0.2) is 0 Å². The number of nitrogens with zero attached hydrogens (tertiary/aromatic N) is 1. The summed E-state index contributed by atoms with van der Waals surface area (Å²) in [4.78, 5) is 4.58. The summed E-state index contributed by atoms with van der Waals surface area (Å²) in [7, 11) is 0. The van der Waals surface area contributed by atoms with Crippen molar-refractivity contribution >= 4 is 10.9 Å². The quantitative estimate of drug-likeness (QED) is 0.913. The molecule has 19 heavy (non-hydrogen) atoms. The van der Waals surface area contributed by atoms with Crippen LogP contribution in [-0.2, 0) is 19.4 Å². The minimum absolute atomic E-state index is 0.205. The van der Waals surface area contributed by atoms with Crippen molar-refractivity contribution in [1.29, 1.82) is 0 Å². The van der Waals surface area contributed by atoms with Gasteiger partial charge in [-0.25, -0.2) is 9.37 Å². The van der Waals surface area contributed by atoms with Gasteiger partial charge in [-0.15, -0.1) is 0 Å². The molecule has 0 fully saturated rings. The van der Waals surface area contributed by atoms with Gasteiger partial charge in [0.2, 0.25) is 0 Å². The van der Waals surface area contributed by atoms with Gasteiger partial charge < -0.3 is 5.32 Å². The standard InChI is InChI=1S/C16H19FN2/c1-2-18-10-13-11-6-3-4-9-15(11)19-16-12(13)7-5-8-14(16)17/h5,7-8,18H,2-4,6,9-10H2,1H3. The molecule has 0 atom stereocenters. The molecule has 1 N–H and O–H groups in total. The van der Waals surface area contributed by atoms with E-state index in [1.54, 1.807) is 6.07 Å². The molecular weight excluding hydrogens is 239 g/mol. The van der Waals surface area contributed by atoms with Gasteiger partial charge in [0.25, 0.3) is 0 Å². The molecule has 0 bridgehead atoms. The van der Waals surface area contributed by atoms with Crippen molar-refractivity contribution in [2.24, 2.45) is 0 Å². The van der Waals surface area contributed by atoms with Crippen LogP contribution in [0.15, 0.2) is 18.2 Å². The number of nitrogens with one attached hydrogen (secondary N) is 1. The second-order valence-electron chi connectivity index (χ2n) is 5.14. The van der Waals surface area contributed by atoms with Crippen molar-refractivity contribution in [3.05, 3.63) is 40.8 Å². The number of pyridine rings is 1. The molecule has 0 saturated heterocycles. The average molecular weight is 258 g/mol. The van der Waals surface area contributed by atoms with Gasteiger partial charge in [0.1, 0.15) is 11.3 Å². The third kappa shape index (κ3) is 2.23. The lowest BCUT2D eigenvalue weighted by Crippen LogP contribution is -2.17. The van der Waals surface area contributed by atoms with Crippen molar-refractivity contribution in [3.63, 3.8) is 0 Å². The van der Waals surface area contributed by atoms with E-state index in [2.05, 4.69) is 17.2 Å². The highest BCUT2D eigenvalue weighted by atomic mass is 19.1. The first-order valence-electron chi connectivity index (χ1n) is 7.11. The predicted molar refractivity (Wildman–Crippen MR) is 75.7 cm³/mol. The zero-order valence-electron chi connectivity index (χ0n) is 11.3. The Morgan fingerprint density at radius 2 is 2.11 bits per heavy atom. The molecule has 0 saturated carbocycles. The molecule has 3 rings (SSSR count). The summed E-state index contributed by atoms with van der Waals surface area (Å²) in [5.74, 6) is -0.205. The Balaban J connectivity index is 2.24. The van der Waals surface area contributed by atoms with Gasteiger partial charge in [-0.3, -0.25) is 0 Å². The molecule has 100 valence electrons. The van der Waals surface area contributed by atoms with Gasteiger partial charge in [0, 0.05) is 17.6 Å². The molecule has 0 radical (unpaired) electrons. The molecule has 1 aliphatic carbocycles. The van der Waals surface area contributed by atoms with E-state index in [-0.39, 0.29) is 5.82 Å². The lowest BCUT2D eigenvalue weighted by atomic mass is 9.89. The van der Waals surface area contributed by atoms with E-state index in [1.807, 2.05) is 6.07 Å². The number of para-hydroxylation sites is 1. The average Bonchev–Trinajstić information content (AvgIpc) is 2.44. The lowest BCUT2D eigenvalue weighted by molar-refractivity contribution is 0.627. The second kappa shape index (κ2) is 5.25. The molecule has 0 spiro atoms. The maximum Gasteiger partial charge on any atom is 0.149 e. The fourth-order valence-electron chi connectivity index (χ4n) is 2.96. The fourth-order valence-corrected chi connectivity index (χ4v) is 2.96. The number of benzene rings is 1. The van der Waals surface area contributed by atoms with Crippen LogP contribution < -0.4 is 5.32 Å². The van der Waals surface area contributed by atoms with Crippen LogP contribution in [-0.4, -0.2) is 11.5 Å². The Labute approximate surface area is 113 Å². The van der Waals surface area contributed by atoms with Crippen molar-refractivity contribution < 1.29 is 4.39 Å². The van der Waals surface area contributed by atoms with Crippen LogP contribution in [0.25, 0.3) is 10.9 Å². The van der Waals surface area contributed by atoms with E-state index >= 15 is 0 Å². The van der Waals surface area contributed by atoms with Crippen LogP contribution in [0, 0.1) is 5.82 Å². The van der Waals surface area contributed by atoms with E-state index in [0.29, 0.717) is 5.52 Å². The lowest BCUT2D eigenvalue weighted by Gasteiger charge is -2.21. The zero-order valence-corrected chi connectivity index (χ0v) is 11.3. The topological polar surface area (TPSA) is 24.9 Å². The largest absolute Gasteiger partial charge is 0.313 e. The monoisotopic (exact) mass is 258 g/mol. The van der Waals surface area contributed by atoms with Crippen LogP contribution in [0.5, 0.6) is 0 Å². The van der Waals surface area contributed by atoms with Gasteiger partial charge in [-0.05, 0) is 49.4 Å². The maximum absolute atomic E-state index is 14.0. The Hall–Kier alpha value is -1.48. The van der Waals surface area contributed by atoms with Crippen molar-refractivity contribution in [2.75, 3.05) is 6.54 Å². The molecule has 1 aliphatic rings. The molecule has 2 aromatic rings. The first-order valence-corrected chi connectivity index (χ1v) is 7.11. The maximum atomic E-state index is 14.0. The Morgan fingerprint density at radius 3 is 2.95 bits per heavy atom. The third-order valence-electron chi connectivity index (χ3n) is 3.91. The summed E-state index contributed by atoms with van der Waals surface area (Å²) in [6.45, 7) is 3.83. The highest BCUT2D eigenvalue weighted by Gasteiger charge is 2.18. The predicted octanol–water partition coefficient (Wildman–Crippen LogP) is 3.36. The molecule has 3 heteroatoms. The number of hydrogen-bond acceptors (Lipinski definition) is 2. The molecule has 1 aromatic heterocycles. The smallest absolute Gasteiger partial charge is 0.149 e. The summed E-state index contributed by atoms with van der Waals surface area (Å²) in [5, 5.41) is 4.35.